The van der Waals surface area contributed by atoms with E-state index in [1.807, 2.05) is 62.6 Å². The molecule has 1 aromatic heterocycles. The van der Waals surface area contributed by atoms with E-state index in [-0.39, 0.29) is 11.9 Å². The van der Waals surface area contributed by atoms with E-state index < -0.39 is 0 Å². The van der Waals surface area contributed by atoms with Crippen molar-refractivity contribution in [2.75, 3.05) is 20.6 Å². The Bertz CT molecular complexity index is 842. The van der Waals surface area contributed by atoms with Gasteiger partial charge in [0.15, 0.2) is 0 Å². The second-order valence-corrected chi connectivity index (χ2v) is 7.01. The van der Waals surface area contributed by atoms with Gasteiger partial charge in [-0.1, -0.05) is 46.3 Å². The molecule has 0 saturated heterocycles. The summed E-state index contributed by atoms with van der Waals surface area (Å²) in [5.74, 6) is -0.0740. The summed E-state index contributed by atoms with van der Waals surface area (Å²) < 4.78 is 0.955. The highest BCUT2D eigenvalue weighted by Crippen LogP contribution is 2.23. The van der Waals surface area contributed by atoms with Crippen LogP contribution in [0.3, 0.4) is 0 Å². The highest BCUT2D eigenvalue weighted by Gasteiger charge is 2.19. The predicted octanol–water partition coefficient (Wildman–Crippen LogP) is 3.96. The summed E-state index contributed by atoms with van der Waals surface area (Å²) in [6, 6.07) is 15.9. The molecule has 2 aromatic carbocycles. The third-order valence-corrected chi connectivity index (χ3v) is 4.44. The first-order valence-electron chi connectivity index (χ1n) is 7.82. The molecule has 4 nitrogen and oxygen atoms in total. The maximum absolute atomic E-state index is 12.8. The smallest absolute Gasteiger partial charge is 0.253 e. The minimum atomic E-state index is -0.0740. The quantitative estimate of drug-likeness (QED) is 0.697. The molecule has 24 heavy (non-hydrogen) atoms. The fourth-order valence-electron chi connectivity index (χ4n) is 2.80. The Balaban J connectivity index is 1.88. The summed E-state index contributed by atoms with van der Waals surface area (Å²) in [6.07, 6.45) is 1.77. The molecule has 0 bridgehead atoms. The molecule has 1 amide bonds. The van der Waals surface area contributed by atoms with Crippen LogP contribution in [0.15, 0.2) is 59.2 Å². The van der Waals surface area contributed by atoms with Crippen molar-refractivity contribution in [1.82, 2.24) is 15.2 Å². The number of aromatic amines is 1. The summed E-state index contributed by atoms with van der Waals surface area (Å²) in [6.45, 7) is 0.738. The summed E-state index contributed by atoms with van der Waals surface area (Å²) in [5, 5.41) is 4.08. The topological polar surface area (TPSA) is 48.1 Å². The Hall–Kier alpha value is -2.11. The average Bonchev–Trinajstić information content (AvgIpc) is 2.97. The number of benzene rings is 2. The van der Waals surface area contributed by atoms with Crippen LogP contribution < -0.4 is 5.32 Å². The first-order chi connectivity index (χ1) is 11.5. The number of fused-ring (bicyclic) bond motifs is 1. The van der Waals surface area contributed by atoms with E-state index in [0.29, 0.717) is 5.56 Å². The van der Waals surface area contributed by atoms with Gasteiger partial charge in [-0.15, -0.1) is 0 Å². The summed E-state index contributed by atoms with van der Waals surface area (Å²) >= 11 is 3.47. The molecule has 0 radical (unpaired) electrons. The Morgan fingerprint density at radius 2 is 1.96 bits per heavy atom. The molecule has 0 aliphatic heterocycles. The molecular formula is C19H20BrN3O. The molecule has 0 unspecified atom stereocenters. The first kappa shape index (κ1) is 16.7. The Morgan fingerprint density at radius 1 is 1.21 bits per heavy atom. The molecular weight excluding hydrogens is 366 g/mol. The lowest BCUT2D eigenvalue weighted by molar-refractivity contribution is 0.0931. The normalized spacial score (nSPS) is 12.5. The van der Waals surface area contributed by atoms with Gasteiger partial charge in [-0.3, -0.25) is 4.79 Å². The first-order valence-corrected chi connectivity index (χ1v) is 8.61. The molecule has 0 saturated carbocycles. The second kappa shape index (κ2) is 7.20. The van der Waals surface area contributed by atoms with Crippen molar-refractivity contribution in [3.05, 3.63) is 70.3 Å². The van der Waals surface area contributed by atoms with Crippen LogP contribution in [0.4, 0.5) is 0 Å². The maximum atomic E-state index is 12.8. The number of carbonyl (C=O) groups is 1. The van der Waals surface area contributed by atoms with E-state index in [9.17, 15) is 4.79 Å². The Morgan fingerprint density at radius 3 is 2.67 bits per heavy atom. The third kappa shape index (κ3) is 3.68. The van der Waals surface area contributed by atoms with Crippen LogP contribution in [0.2, 0.25) is 0 Å². The summed E-state index contributed by atoms with van der Waals surface area (Å²) in [5.41, 5.74) is 2.71. The zero-order valence-electron chi connectivity index (χ0n) is 13.7. The number of likely N-dealkylation sites (N-methyl/N-ethyl adjacent to an activating group) is 1. The zero-order valence-corrected chi connectivity index (χ0v) is 15.3. The Kier molecular flexibility index (Phi) is 5.02. The predicted molar refractivity (Wildman–Crippen MR) is 101 cm³/mol. The van der Waals surface area contributed by atoms with Crippen molar-refractivity contribution < 1.29 is 4.79 Å². The van der Waals surface area contributed by atoms with E-state index in [4.69, 9.17) is 0 Å². The number of nitrogens with zero attached hydrogens (tertiary/aromatic N) is 1. The Labute approximate surface area is 150 Å². The number of H-pyrrole nitrogens is 1. The van der Waals surface area contributed by atoms with E-state index in [2.05, 4.69) is 31.1 Å². The third-order valence-electron chi connectivity index (χ3n) is 3.94. The molecule has 1 atom stereocenters. The molecule has 1 heterocycles. The van der Waals surface area contributed by atoms with Crippen LogP contribution in [0.5, 0.6) is 0 Å². The van der Waals surface area contributed by atoms with Crippen LogP contribution in [0.1, 0.15) is 22.0 Å². The van der Waals surface area contributed by atoms with Crippen molar-refractivity contribution in [3.63, 3.8) is 0 Å². The van der Waals surface area contributed by atoms with Crippen molar-refractivity contribution in [1.29, 1.82) is 0 Å². The lowest BCUT2D eigenvalue weighted by Crippen LogP contribution is -2.35. The number of amides is 1. The van der Waals surface area contributed by atoms with Crippen molar-refractivity contribution in [2.45, 2.75) is 6.04 Å². The van der Waals surface area contributed by atoms with Gasteiger partial charge in [-0.2, -0.15) is 0 Å². The zero-order chi connectivity index (χ0) is 17.1. The van der Waals surface area contributed by atoms with E-state index in [1.165, 1.54) is 0 Å². The molecule has 124 valence electrons. The number of hydrogen-bond donors (Lipinski definition) is 2. The molecule has 0 fully saturated rings. The average molecular weight is 386 g/mol. The van der Waals surface area contributed by atoms with E-state index in [0.717, 1.165) is 27.5 Å². The minimum absolute atomic E-state index is 0.0641. The number of hydrogen-bond acceptors (Lipinski definition) is 2. The van der Waals surface area contributed by atoms with Gasteiger partial charge in [0.25, 0.3) is 5.91 Å². The van der Waals surface area contributed by atoms with Crippen molar-refractivity contribution in [2.24, 2.45) is 0 Å². The number of carbonyl (C=O) groups excluding carboxylic acids is 1. The van der Waals surface area contributed by atoms with Crippen LogP contribution >= 0.6 is 15.9 Å². The lowest BCUT2D eigenvalue weighted by atomic mass is 10.1. The van der Waals surface area contributed by atoms with Crippen LogP contribution in [0.25, 0.3) is 10.9 Å². The number of rotatable bonds is 5. The second-order valence-electron chi connectivity index (χ2n) is 6.09. The number of halogens is 1. The molecule has 2 N–H and O–H groups in total. The largest absolute Gasteiger partial charge is 0.360 e. The van der Waals surface area contributed by atoms with Gasteiger partial charge in [0, 0.05) is 28.1 Å². The monoisotopic (exact) mass is 385 g/mol. The molecule has 0 aliphatic rings. The van der Waals surface area contributed by atoms with Crippen LogP contribution in [-0.4, -0.2) is 36.4 Å². The van der Waals surface area contributed by atoms with Gasteiger partial charge in [0.05, 0.1) is 11.6 Å². The summed E-state index contributed by atoms with van der Waals surface area (Å²) in [4.78, 5) is 18.1. The van der Waals surface area contributed by atoms with Crippen LogP contribution in [0, 0.1) is 0 Å². The molecule has 3 rings (SSSR count). The molecule has 0 aliphatic carbocycles. The van der Waals surface area contributed by atoms with Gasteiger partial charge in [-0.05, 0) is 37.9 Å². The van der Waals surface area contributed by atoms with Crippen molar-refractivity contribution in [3.8, 4) is 0 Å². The molecule has 3 aromatic rings. The number of nitrogens with one attached hydrogen (secondary N) is 2. The van der Waals surface area contributed by atoms with Crippen molar-refractivity contribution >= 4 is 32.7 Å². The van der Waals surface area contributed by atoms with Crippen LogP contribution in [-0.2, 0) is 0 Å². The highest BCUT2D eigenvalue weighted by molar-refractivity contribution is 9.10. The fraction of sp³-hybridized carbons (Fsp3) is 0.211. The lowest BCUT2D eigenvalue weighted by Gasteiger charge is -2.22. The van der Waals surface area contributed by atoms with Gasteiger partial charge in [0.1, 0.15) is 0 Å². The standard InChI is InChI=1S/C19H20BrN3O/c1-23(2)12-18(13-6-4-3-5-7-13)22-19(24)16-11-21-17-9-8-14(20)10-15(16)17/h3-11,18,21H,12H2,1-2H3,(H,22,24)/t18-/m0/s1. The fourth-order valence-corrected chi connectivity index (χ4v) is 3.16. The van der Waals surface area contributed by atoms with Gasteiger partial charge in [0.2, 0.25) is 0 Å². The van der Waals surface area contributed by atoms with Gasteiger partial charge in [-0.25, -0.2) is 0 Å². The van der Waals surface area contributed by atoms with E-state index in [1.54, 1.807) is 6.20 Å². The summed E-state index contributed by atoms with van der Waals surface area (Å²) in [7, 11) is 4.01. The van der Waals surface area contributed by atoms with Gasteiger partial charge >= 0.3 is 0 Å². The highest BCUT2D eigenvalue weighted by atomic mass is 79.9. The van der Waals surface area contributed by atoms with Gasteiger partial charge < -0.3 is 15.2 Å². The molecule has 0 spiro atoms. The SMILES string of the molecule is CN(C)C[C@H](NC(=O)c1c[nH]c2ccc(Br)cc12)c1ccccc1. The molecule has 5 heteroatoms. The maximum Gasteiger partial charge on any atom is 0.253 e. The van der Waals surface area contributed by atoms with E-state index >= 15 is 0 Å². The minimum Gasteiger partial charge on any atom is -0.360 e. The number of aromatic nitrogens is 1.